The summed E-state index contributed by atoms with van der Waals surface area (Å²) in [5, 5.41) is 18.6. The van der Waals surface area contributed by atoms with E-state index in [1.807, 2.05) is 12.1 Å². The van der Waals surface area contributed by atoms with Crippen LogP contribution in [0.2, 0.25) is 0 Å². The van der Waals surface area contributed by atoms with E-state index >= 15 is 0 Å². The zero-order chi connectivity index (χ0) is 15.7. The van der Waals surface area contributed by atoms with Gasteiger partial charge in [0.25, 0.3) is 0 Å². The number of likely N-dealkylation sites (tertiary alicyclic amines) is 1. The molecule has 116 valence electrons. The maximum absolute atomic E-state index is 11.7. The predicted molar refractivity (Wildman–Crippen MR) is 80.4 cm³/mol. The minimum Gasteiger partial charge on any atom is -0.495 e. The summed E-state index contributed by atoms with van der Waals surface area (Å²) in [6.07, 6.45) is 2.83. The van der Waals surface area contributed by atoms with Crippen LogP contribution in [0, 0.1) is 22.7 Å². The van der Waals surface area contributed by atoms with E-state index in [-0.39, 0.29) is 5.92 Å². The van der Waals surface area contributed by atoms with E-state index < -0.39 is 11.4 Å². The molecule has 1 aromatic carbocycles. The Morgan fingerprint density at radius 1 is 1.59 bits per heavy atom. The molecule has 2 atom stereocenters. The average Bonchev–Trinajstić information content (AvgIpc) is 3.04. The van der Waals surface area contributed by atoms with Gasteiger partial charge in [0.1, 0.15) is 11.8 Å². The Labute approximate surface area is 130 Å². The van der Waals surface area contributed by atoms with Gasteiger partial charge in [0.15, 0.2) is 0 Å². The van der Waals surface area contributed by atoms with Crippen molar-refractivity contribution >= 4 is 5.97 Å². The standard InChI is InChI=1S/C17H20N2O3/c1-22-15-7-12(4-5-13(15)8-18)9-19-10-14-3-2-6-17(14,11-19)16(20)21/h4-5,7,14H,2-3,6,9-11H2,1H3,(H,20,21)/t14-,17+/m0/s1. The fourth-order valence-electron chi connectivity index (χ4n) is 4.05. The number of carboxylic acids is 1. The van der Waals surface area contributed by atoms with Gasteiger partial charge in [0.2, 0.25) is 0 Å². The fourth-order valence-corrected chi connectivity index (χ4v) is 4.05. The number of nitriles is 1. The van der Waals surface area contributed by atoms with Gasteiger partial charge in [-0.05, 0) is 36.5 Å². The smallest absolute Gasteiger partial charge is 0.311 e. The number of ether oxygens (including phenoxy) is 1. The quantitative estimate of drug-likeness (QED) is 0.923. The van der Waals surface area contributed by atoms with Gasteiger partial charge in [-0.15, -0.1) is 0 Å². The van der Waals surface area contributed by atoms with Gasteiger partial charge < -0.3 is 9.84 Å². The molecule has 2 aliphatic rings. The highest BCUT2D eigenvalue weighted by atomic mass is 16.5. The molecule has 1 saturated heterocycles. The molecule has 1 aromatic rings. The molecular formula is C17H20N2O3. The summed E-state index contributed by atoms with van der Waals surface area (Å²) < 4.78 is 5.24. The second kappa shape index (κ2) is 5.62. The van der Waals surface area contributed by atoms with Crippen molar-refractivity contribution in [2.45, 2.75) is 25.8 Å². The number of hydrogen-bond donors (Lipinski definition) is 1. The summed E-state index contributed by atoms with van der Waals surface area (Å²) in [7, 11) is 1.56. The molecular weight excluding hydrogens is 280 g/mol. The van der Waals surface area contributed by atoms with E-state index in [0.717, 1.165) is 31.4 Å². The first-order valence-electron chi connectivity index (χ1n) is 7.62. The van der Waals surface area contributed by atoms with Crippen molar-refractivity contribution in [2.24, 2.45) is 11.3 Å². The van der Waals surface area contributed by atoms with Crippen LogP contribution >= 0.6 is 0 Å². The molecule has 1 saturated carbocycles. The normalized spacial score (nSPS) is 27.4. The highest BCUT2D eigenvalue weighted by Crippen LogP contribution is 2.49. The second-order valence-corrected chi connectivity index (χ2v) is 6.37. The lowest BCUT2D eigenvalue weighted by Gasteiger charge is -2.23. The molecule has 0 unspecified atom stereocenters. The number of aliphatic carboxylic acids is 1. The van der Waals surface area contributed by atoms with Crippen molar-refractivity contribution in [3.05, 3.63) is 29.3 Å². The molecule has 0 radical (unpaired) electrons. The first-order chi connectivity index (χ1) is 10.6. The molecule has 1 heterocycles. The van der Waals surface area contributed by atoms with Crippen molar-refractivity contribution in [3.8, 4) is 11.8 Å². The van der Waals surface area contributed by atoms with Crippen molar-refractivity contribution in [2.75, 3.05) is 20.2 Å². The van der Waals surface area contributed by atoms with E-state index in [2.05, 4.69) is 11.0 Å². The highest BCUT2D eigenvalue weighted by molar-refractivity contribution is 5.76. The van der Waals surface area contributed by atoms with Crippen molar-refractivity contribution in [1.82, 2.24) is 4.90 Å². The minimum atomic E-state index is -0.644. The van der Waals surface area contributed by atoms with Crippen molar-refractivity contribution < 1.29 is 14.6 Å². The number of fused-ring (bicyclic) bond motifs is 1. The summed E-state index contributed by atoms with van der Waals surface area (Å²) in [4.78, 5) is 13.9. The third-order valence-corrected chi connectivity index (χ3v) is 5.16. The van der Waals surface area contributed by atoms with Gasteiger partial charge in [-0.2, -0.15) is 5.26 Å². The Bertz CT molecular complexity index is 637. The molecule has 0 bridgehead atoms. The van der Waals surface area contributed by atoms with E-state index in [0.29, 0.717) is 24.4 Å². The van der Waals surface area contributed by atoms with Crippen molar-refractivity contribution in [1.29, 1.82) is 5.26 Å². The molecule has 1 N–H and O–H groups in total. The first kappa shape index (κ1) is 14.9. The number of carboxylic acid groups (broad SMARTS) is 1. The molecule has 5 nitrogen and oxygen atoms in total. The van der Waals surface area contributed by atoms with E-state index in [1.165, 1.54) is 0 Å². The Morgan fingerprint density at radius 3 is 3.05 bits per heavy atom. The zero-order valence-electron chi connectivity index (χ0n) is 12.7. The van der Waals surface area contributed by atoms with Gasteiger partial charge in [-0.3, -0.25) is 9.69 Å². The second-order valence-electron chi connectivity index (χ2n) is 6.37. The molecule has 3 rings (SSSR count). The number of benzene rings is 1. The number of hydrogen-bond acceptors (Lipinski definition) is 4. The van der Waals surface area contributed by atoms with Crippen LogP contribution < -0.4 is 4.74 Å². The molecule has 2 fully saturated rings. The number of carbonyl (C=O) groups is 1. The average molecular weight is 300 g/mol. The van der Waals surface area contributed by atoms with Crippen LogP contribution in [-0.4, -0.2) is 36.2 Å². The molecule has 0 amide bonds. The lowest BCUT2D eigenvalue weighted by Crippen LogP contribution is -2.35. The van der Waals surface area contributed by atoms with Crippen molar-refractivity contribution in [3.63, 3.8) is 0 Å². The van der Waals surface area contributed by atoms with E-state index in [9.17, 15) is 9.90 Å². The minimum absolute atomic E-state index is 0.269. The maximum atomic E-state index is 11.7. The third-order valence-electron chi connectivity index (χ3n) is 5.16. The van der Waals surface area contributed by atoms with Crippen LogP contribution in [0.15, 0.2) is 18.2 Å². The van der Waals surface area contributed by atoms with Crippen LogP contribution in [0.4, 0.5) is 0 Å². The van der Waals surface area contributed by atoms with Crippen LogP contribution in [0.1, 0.15) is 30.4 Å². The van der Waals surface area contributed by atoms with E-state index in [1.54, 1.807) is 13.2 Å². The summed E-state index contributed by atoms with van der Waals surface area (Å²) in [6.45, 7) is 2.16. The van der Waals surface area contributed by atoms with E-state index in [4.69, 9.17) is 10.00 Å². The zero-order valence-corrected chi connectivity index (χ0v) is 12.7. The molecule has 0 aromatic heterocycles. The monoisotopic (exact) mass is 300 g/mol. The van der Waals surface area contributed by atoms with Crippen LogP contribution in [0.5, 0.6) is 5.75 Å². The summed E-state index contributed by atoms with van der Waals surface area (Å²) in [5.41, 5.74) is 1.03. The Morgan fingerprint density at radius 2 is 2.41 bits per heavy atom. The number of nitrogens with zero attached hydrogens (tertiary/aromatic N) is 2. The maximum Gasteiger partial charge on any atom is 0.311 e. The van der Waals surface area contributed by atoms with Crippen LogP contribution in [-0.2, 0) is 11.3 Å². The predicted octanol–water partition coefficient (Wildman–Crippen LogP) is 2.25. The van der Waals surface area contributed by atoms with Gasteiger partial charge in [-0.1, -0.05) is 12.5 Å². The summed E-state index contributed by atoms with van der Waals surface area (Å²) in [5.74, 6) is 0.201. The molecule has 1 aliphatic heterocycles. The van der Waals surface area contributed by atoms with Gasteiger partial charge in [-0.25, -0.2) is 0 Å². The highest BCUT2D eigenvalue weighted by Gasteiger charge is 2.54. The van der Waals surface area contributed by atoms with Gasteiger partial charge in [0, 0.05) is 19.6 Å². The summed E-state index contributed by atoms with van der Waals surface area (Å²) >= 11 is 0. The fraction of sp³-hybridized carbons (Fsp3) is 0.529. The topological polar surface area (TPSA) is 73.6 Å². The Balaban J connectivity index is 1.76. The van der Waals surface area contributed by atoms with Gasteiger partial charge >= 0.3 is 5.97 Å². The molecule has 0 spiro atoms. The first-order valence-corrected chi connectivity index (χ1v) is 7.62. The molecule has 5 heteroatoms. The molecule has 22 heavy (non-hydrogen) atoms. The summed E-state index contributed by atoms with van der Waals surface area (Å²) in [6, 6.07) is 7.66. The lowest BCUT2D eigenvalue weighted by atomic mass is 9.81. The Kier molecular flexibility index (Phi) is 3.79. The SMILES string of the molecule is COc1cc(CN2C[C@@H]3CCC[C@@]3(C(=O)O)C2)ccc1C#N. The lowest BCUT2D eigenvalue weighted by molar-refractivity contribution is -0.149. The number of rotatable bonds is 4. The largest absolute Gasteiger partial charge is 0.495 e. The van der Waals surface area contributed by atoms with Crippen LogP contribution in [0.3, 0.4) is 0 Å². The van der Waals surface area contributed by atoms with Crippen LogP contribution in [0.25, 0.3) is 0 Å². The number of methoxy groups -OCH3 is 1. The van der Waals surface area contributed by atoms with Gasteiger partial charge in [0.05, 0.1) is 18.1 Å². The Hall–Kier alpha value is -2.06. The molecule has 1 aliphatic carbocycles. The third kappa shape index (κ3) is 2.34.